The number of amides is 1. The Morgan fingerprint density at radius 1 is 0.645 bits per heavy atom. The number of aliphatic hydroxyl groups is 2. The van der Waals surface area contributed by atoms with Gasteiger partial charge in [-0.3, -0.25) is 4.79 Å². The molecule has 11 heteroatoms. The third kappa shape index (κ3) is 33.9. The highest BCUT2D eigenvalue weighted by Crippen LogP contribution is 1.93. The lowest BCUT2D eigenvalue weighted by atomic mass is 10.4. The summed E-state index contributed by atoms with van der Waals surface area (Å²) in [5, 5.41) is 19.2. The molecule has 0 unspecified atom stereocenters. The smallest absolute Gasteiger partial charge is 0.220 e. The molecule has 0 radical (unpaired) electrons. The van der Waals surface area contributed by atoms with Crippen LogP contribution >= 0.6 is 0 Å². The summed E-state index contributed by atoms with van der Waals surface area (Å²) in [6.45, 7) is 7.48. The average Bonchev–Trinajstić information content (AvgIpc) is 3.26. The molecule has 1 aliphatic heterocycles. The Labute approximate surface area is 186 Å². The van der Waals surface area contributed by atoms with Crippen LogP contribution in [0.1, 0.15) is 12.8 Å². The van der Waals surface area contributed by atoms with Gasteiger partial charge in [-0.15, -0.1) is 0 Å². The van der Waals surface area contributed by atoms with Gasteiger partial charge in [0.25, 0.3) is 0 Å². The Kier molecular flexibility index (Phi) is 32.6. The summed E-state index contributed by atoms with van der Waals surface area (Å²) in [7, 11) is 3.30. The average molecular weight is 458 g/mol. The predicted molar refractivity (Wildman–Crippen MR) is 114 cm³/mol. The molecule has 0 spiro atoms. The van der Waals surface area contributed by atoms with Gasteiger partial charge in [0.05, 0.1) is 92.5 Å². The van der Waals surface area contributed by atoms with Crippen LogP contribution in [0.2, 0.25) is 0 Å². The fraction of sp³-hybridized carbons (Fsp3) is 0.950. The summed E-state index contributed by atoms with van der Waals surface area (Å²) in [5.74, 6) is 0.204. The van der Waals surface area contributed by atoms with Gasteiger partial charge in [0.2, 0.25) is 5.91 Å². The van der Waals surface area contributed by atoms with Crippen molar-refractivity contribution in [1.82, 2.24) is 5.32 Å². The van der Waals surface area contributed by atoms with Gasteiger partial charge in [-0.25, -0.2) is 0 Å². The number of hydrogen-bond donors (Lipinski definition) is 3. The maximum atomic E-state index is 10.1. The lowest BCUT2D eigenvalue weighted by molar-refractivity contribution is -0.119. The first-order valence-electron chi connectivity index (χ1n) is 10.6. The molecule has 1 amide bonds. The van der Waals surface area contributed by atoms with Crippen LogP contribution in [0, 0.1) is 0 Å². The zero-order valence-electron chi connectivity index (χ0n) is 19.2. The summed E-state index contributed by atoms with van der Waals surface area (Å²) in [5.41, 5.74) is 0. The fourth-order valence-electron chi connectivity index (χ4n) is 1.84. The van der Waals surface area contributed by atoms with Crippen molar-refractivity contribution in [2.75, 3.05) is 113 Å². The minimum absolute atomic E-state index is 0.0417. The number of ether oxygens (including phenoxy) is 7. The van der Waals surface area contributed by atoms with Crippen LogP contribution in [0.15, 0.2) is 0 Å². The minimum Gasteiger partial charge on any atom is -0.394 e. The number of methoxy groups -OCH3 is 2. The molecule has 3 N–H and O–H groups in total. The van der Waals surface area contributed by atoms with Crippen molar-refractivity contribution in [2.45, 2.75) is 12.8 Å². The van der Waals surface area contributed by atoms with E-state index in [1.165, 1.54) is 0 Å². The van der Waals surface area contributed by atoms with Crippen molar-refractivity contribution in [1.29, 1.82) is 0 Å². The SMILES string of the molecule is COCCOCCOCCOCCOC.O=C1CCCN1.OCCOCCOCCO. The second-order valence-electron chi connectivity index (χ2n) is 5.95. The first kappa shape index (κ1) is 32.3. The van der Waals surface area contributed by atoms with Crippen molar-refractivity contribution in [3.8, 4) is 0 Å². The Balaban J connectivity index is 0. The van der Waals surface area contributed by atoms with Crippen LogP contribution in [0.3, 0.4) is 0 Å². The van der Waals surface area contributed by atoms with Crippen molar-refractivity contribution < 1.29 is 48.2 Å². The number of aliphatic hydroxyl groups excluding tert-OH is 2. The van der Waals surface area contributed by atoms with Gasteiger partial charge in [0, 0.05) is 27.2 Å². The van der Waals surface area contributed by atoms with E-state index in [1.54, 1.807) is 14.2 Å². The van der Waals surface area contributed by atoms with Crippen LogP contribution < -0.4 is 5.32 Å². The number of hydrogen-bond acceptors (Lipinski definition) is 10. The Hall–Kier alpha value is -0.890. The molecule has 0 aromatic rings. The third-order valence-corrected chi connectivity index (χ3v) is 3.35. The molecule has 1 fully saturated rings. The largest absolute Gasteiger partial charge is 0.394 e. The lowest BCUT2D eigenvalue weighted by Crippen LogP contribution is -2.12. The van der Waals surface area contributed by atoms with E-state index >= 15 is 0 Å². The molecule has 0 bridgehead atoms. The van der Waals surface area contributed by atoms with Crippen molar-refractivity contribution in [2.24, 2.45) is 0 Å². The molecule has 0 aliphatic carbocycles. The van der Waals surface area contributed by atoms with Crippen LogP contribution in [0.25, 0.3) is 0 Å². The van der Waals surface area contributed by atoms with E-state index in [4.69, 9.17) is 43.4 Å². The van der Waals surface area contributed by atoms with E-state index in [2.05, 4.69) is 5.32 Å². The molecule has 0 saturated carbocycles. The molecule has 0 aromatic heterocycles. The van der Waals surface area contributed by atoms with Gasteiger partial charge >= 0.3 is 0 Å². The van der Waals surface area contributed by atoms with Crippen molar-refractivity contribution >= 4 is 5.91 Å². The zero-order valence-corrected chi connectivity index (χ0v) is 19.2. The van der Waals surface area contributed by atoms with Crippen LogP contribution in [0.5, 0.6) is 0 Å². The maximum absolute atomic E-state index is 10.1. The fourth-order valence-corrected chi connectivity index (χ4v) is 1.84. The Morgan fingerprint density at radius 2 is 1.00 bits per heavy atom. The quantitative estimate of drug-likeness (QED) is 0.212. The molecule has 0 aromatic carbocycles. The van der Waals surface area contributed by atoms with Crippen LogP contribution in [0.4, 0.5) is 0 Å². The van der Waals surface area contributed by atoms with Gasteiger partial charge in [-0.2, -0.15) is 0 Å². The topological polar surface area (TPSA) is 134 Å². The number of carbonyl (C=O) groups excluding carboxylic acids is 1. The van der Waals surface area contributed by atoms with E-state index in [9.17, 15) is 4.79 Å². The lowest BCUT2D eigenvalue weighted by Gasteiger charge is -2.06. The highest BCUT2D eigenvalue weighted by Gasteiger charge is 2.05. The monoisotopic (exact) mass is 457 g/mol. The second kappa shape index (κ2) is 31.3. The summed E-state index contributed by atoms with van der Waals surface area (Å²) in [4.78, 5) is 10.1. The number of nitrogens with one attached hydrogen (secondary N) is 1. The predicted octanol–water partition coefficient (Wildman–Crippen LogP) is -0.770. The van der Waals surface area contributed by atoms with E-state index < -0.39 is 0 Å². The summed E-state index contributed by atoms with van der Waals surface area (Å²) >= 11 is 0. The standard InChI is InChI=1S/C10H22O5.C6H14O4.C4H7NO/c1-11-3-5-13-7-9-15-10-8-14-6-4-12-2;7-1-3-9-5-6-10-4-2-8;6-4-2-1-3-5-4/h3-10H2,1-2H3;7-8H,1-6H2;1-3H2,(H,5,6). The Bertz CT molecular complexity index is 309. The molecule has 188 valence electrons. The molecular weight excluding hydrogens is 414 g/mol. The van der Waals surface area contributed by atoms with E-state index in [0.29, 0.717) is 79.3 Å². The van der Waals surface area contributed by atoms with Gasteiger partial charge in [-0.1, -0.05) is 0 Å². The minimum atomic E-state index is 0.0417. The number of carbonyl (C=O) groups is 1. The molecule has 11 nitrogen and oxygen atoms in total. The maximum Gasteiger partial charge on any atom is 0.220 e. The van der Waals surface area contributed by atoms with Crippen LogP contribution in [-0.4, -0.2) is 129 Å². The van der Waals surface area contributed by atoms with Gasteiger partial charge in [0.1, 0.15) is 0 Å². The molecule has 1 heterocycles. The Morgan fingerprint density at radius 3 is 1.23 bits per heavy atom. The van der Waals surface area contributed by atoms with Gasteiger partial charge in [0.15, 0.2) is 0 Å². The summed E-state index contributed by atoms with van der Waals surface area (Å²) in [6.07, 6.45) is 1.76. The van der Waals surface area contributed by atoms with E-state index in [0.717, 1.165) is 19.4 Å². The molecular formula is C20H43NO10. The molecule has 1 rings (SSSR count). The van der Waals surface area contributed by atoms with Gasteiger partial charge in [-0.05, 0) is 6.42 Å². The van der Waals surface area contributed by atoms with Gasteiger partial charge < -0.3 is 48.7 Å². The normalized spacial score (nSPS) is 12.6. The summed E-state index contributed by atoms with van der Waals surface area (Å²) < 4.78 is 35.1. The van der Waals surface area contributed by atoms with Crippen molar-refractivity contribution in [3.05, 3.63) is 0 Å². The van der Waals surface area contributed by atoms with Crippen molar-refractivity contribution in [3.63, 3.8) is 0 Å². The van der Waals surface area contributed by atoms with Crippen LogP contribution in [-0.2, 0) is 38.0 Å². The molecule has 1 aliphatic rings. The first-order chi connectivity index (χ1) is 15.2. The zero-order chi connectivity index (χ0) is 23.3. The highest BCUT2D eigenvalue weighted by atomic mass is 16.6. The highest BCUT2D eigenvalue weighted by molar-refractivity contribution is 5.77. The molecule has 31 heavy (non-hydrogen) atoms. The second-order valence-corrected chi connectivity index (χ2v) is 5.95. The molecule has 0 atom stereocenters. The third-order valence-electron chi connectivity index (χ3n) is 3.35. The van der Waals surface area contributed by atoms with E-state index in [-0.39, 0.29) is 19.1 Å². The summed E-state index contributed by atoms with van der Waals surface area (Å²) in [6, 6.07) is 0. The number of rotatable bonds is 19. The first-order valence-corrected chi connectivity index (χ1v) is 10.6. The molecule has 1 saturated heterocycles. The van der Waals surface area contributed by atoms with E-state index in [1.807, 2.05) is 0 Å².